The van der Waals surface area contributed by atoms with E-state index in [0.717, 1.165) is 12.0 Å². The van der Waals surface area contributed by atoms with Crippen LogP contribution in [0.2, 0.25) is 0 Å². The number of phenols is 1. The minimum Gasteiger partial charge on any atom is -0.504 e. The lowest BCUT2D eigenvalue weighted by Gasteiger charge is -2.09. The summed E-state index contributed by atoms with van der Waals surface area (Å²) in [5.74, 6) is 0.380. The monoisotopic (exact) mass is 389 g/mol. The number of aromatic hydroxyl groups is 1. The van der Waals surface area contributed by atoms with Crippen LogP contribution in [-0.4, -0.2) is 28.4 Å². The molecule has 0 radical (unpaired) electrons. The summed E-state index contributed by atoms with van der Waals surface area (Å²) in [6.45, 7) is 1.99. The van der Waals surface area contributed by atoms with Crippen LogP contribution in [0.5, 0.6) is 11.5 Å². The number of rotatable bonds is 6. The maximum absolute atomic E-state index is 12.3. The number of nitrogens with one attached hydrogen (secondary N) is 2. The molecule has 2 aromatic carbocycles. The maximum atomic E-state index is 12.3. The number of H-pyrrole nitrogens is 1. The van der Waals surface area contributed by atoms with Crippen molar-refractivity contribution < 1.29 is 9.84 Å². The summed E-state index contributed by atoms with van der Waals surface area (Å²) < 4.78 is 5.18. The van der Waals surface area contributed by atoms with Crippen LogP contribution in [0.1, 0.15) is 23.6 Å². The highest BCUT2D eigenvalue weighted by molar-refractivity contribution is 5.85. The fourth-order valence-corrected chi connectivity index (χ4v) is 2.74. The Hall–Kier alpha value is -4.12. The van der Waals surface area contributed by atoms with Gasteiger partial charge in [-0.05, 0) is 24.1 Å². The van der Waals surface area contributed by atoms with Gasteiger partial charge < -0.3 is 9.84 Å². The van der Waals surface area contributed by atoms with Gasteiger partial charge in [-0.3, -0.25) is 9.78 Å². The van der Waals surface area contributed by atoms with E-state index in [1.54, 1.807) is 36.4 Å². The number of hydrazone groups is 1. The molecule has 8 nitrogen and oxygen atoms in total. The summed E-state index contributed by atoms with van der Waals surface area (Å²) in [4.78, 5) is 19.0. The number of aryl methyl sites for hydroxylation is 1. The highest BCUT2D eigenvalue weighted by atomic mass is 16.5. The molecule has 0 fully saturated rings. The van der Waals surface area contributed by atoms with E-state index in [-0.39, 0.29) is 23.0 Å². The molecule has 1 heterocycles. The van der Waals surface area contributed by atoms with Crippen molar-refractivity contribution in [1.29, 1.82) is 5.26 Å². The van der Waals surface area contributed by atoms with Gasteiger partial charge in [-0.15, -0.1) is 0 Å². The van der Waals surface area contributed by atoms with E-state index < -0.39 is 5.56 Å². The molecule has 3 N–H and O–H groups in total. The molecule has 3 aromatic rings. The Morgan fingerprint density at radius 3 is 2.76 bits per heavy atom. The second-order valence-electron chi connectivity index (χ2n) is 6.08. The van der Waals surface area contributed by atoms with Crippen molar-refractivity contribution in [2.75, 3.05) is 12.5 Å². The summed E-state index contributed by atoms with van der Waals surface area (Å²) in [5, 5.41) is 23.6. The Kier molecular flexibility index (Phi) is 5.90. The smallest absolute Gasteiger partial charge is 0.270 e. The second-order valence-corrected chi connectivity index (χ2v) is 6.08. The Balaban J connectivity index is 1.93. The molecule has 29 heavy (non-hydrogen) atoms. The number of aromatic amines is 1. The van der Waals surface area contributed by atoms with Gasteiger partial charge in [-0.1, -0.05) is 37.3 Å². The molecule has 0 aliphatic carbocycles. The fraction of sp³-hybridized carbons (Fsp3) is 0.143. The second kappa shape index (κ2) is 8.71. The Bertz CT molecular complexity index is 1150. The summed E-state index contributed by atoms with van der Waals surface area (Å²) in [5.41, 5.74) is 4.30. The number of benzene rings is 2. The third kappa shape index (κ3) is 4.25. The number of methoxy groups -OCH3 is 1. The van der Waals surface area contributed by atoms with Crippen molar-refractivity contribution in [3.05, 3.63) is 69.5 Å². The SMILES string of the molecule is CCc1cc(C=NNc2nc(-c3ccccc3)c(C#N)c(=O)[nH]2)c(O)c(OC)c1. The molecule has 0 saturated heterocycles. The number of phenolic OH excluding ortho intramolecular Hbond substituents is 1. The van der Waals surface area contributed by atoms with Crippen LogP contribution in [0.25, 0.3) is 11.3 Å². The first-order valence-corrected chi connectivity index (χ1v) is 8.86. The van der Waals surface area contributed by atoms with E-state index in [1.807, 2.05) is 19.1 Å². The van der Waals surface area contributed by atoms with E-state index >= 15 is 0 Å². The van der Waals surface area contributed by atoms with Gasteiger partial charge in [0.2, 0.25) is 5.95 Å². The van der Waals surface area contributed by atoms with Gasteiger partial charge in [-0.25, -0.2) is 10.4 Å². The Labute approximate surface area is 167 Å². The van der Waals surface area contributed by atoms with Crippen molar-refractivity contribution in [2.45, 2.75) is 13.3 Å². The van der Waals surface area contributed by atoms with Crippen LogP contribution in [0.3, 0.4) is 0 Å². The molecule has 0 unspecified atom stereocenters. The van der Waals surface area contributed by atoms with E-state index in [9.17, 15) is 15.2 Å². The van der Waals surface area contributed by atoms with Crippen molar-refractivity contribution in [1.82, 2.24) is 9.97 Å². The first-order chi connectivity index (χ1) is 14.1. The molecule has 0 amide bonds. The summed E-state index contributed by atoms with van der Waals surface area (Å²) in [6.07, 6.45) is 2.16. The third-order valence-electron chi connectivity index (χ3n) is 4.24. The number of nitriles is 1. The molecule has 8 heteroatoms. The van der Waals surface area contributed by atoms with Gasteiger partial charge >= 0.3 is 0 Å². The van der Waals surface area contributed by atoms with E-state index in [2.05, 4.69) is 20.5 Å². The van der Waals surface area contributed by atoms with Crippen molar-refractivity contribution in [2.24, 2.45) is 5.10 Å². The van der Waals surface area contributed by atoms with E-state index in [1.165, 1.54) is 13.3 Å². The van der Waals surface area contributed by atoms with Crippen LogP contribution in [0, 0.1) is 11.3 Å². The van der Waals surface area contributed by atoms with Crippen LogP contribution < -0.4 is 15.7 Å². The molecule has 146 valence electrons. The lowest BCUT2D eigenvalue weighted by molar-refractivity contribution is 0.372. The van der Waals surface area contributed by atoms with Gasteiger partial charge in [0.25, 0.3) is 5.56 Å². The molecule has 1 aromatic heterocycles. The van der Waals surface area contributed by atoms with Gasteiger partial charge in [0.1, 0.15) is 11.6 Å². The number of nitrogens with zero attached hydrogens (tertiary/aromatic N) is 3. The molecular formula is C21H19N5O3. The standard InChI is InChI=1S/C21H19N5O3/c1-3-13-9-15(19(27)17(10-13)29-2)12-23-26-21-24-18(14-7-5-4-6-8-14)16(11-22)20(28)25-21/h4-10,12,27H,3H2,1-2H3,(H2,24,25,26,28). The van der Waals surface area contributed by atoms with Crippen molar-refractivity contribution in [3.8, 4) is 28.8 Å². The topological polar surface area (TPSA) is 123 Å². The van der Waals surface area contributed by atoms with Gasteiger partial charge in [-0.2, -0.15) is 10.4 Å². The number of hydrogen-bond acceptors (Lipinski definition) is 7. The molecule has 0 spiro atoms. The first kappa shape index (κ1) is 19.6. The van der Waals surface area contributed by atoms with Gasteiger partial charge in [0.15, 0.2) is 11.5 Å². The fourth-order valence-electron chi connectivity index (χ4n) is 2.74. The Morgan fingerprint density at radius 1 is 1.34 bits per heavy atom. The minimum atomic E-state index is -0.573. The predicted octanol–water partition coefficient (Wildman–Crippen LogP) is 3.03. The lowest BCUT2D eigenvalue weighted by atomic mass is 10.1. The van der Waals surface area contributed by atoms with Crippen LogP contribution in [0.15, 0.2) is 52.4 Å². The maximum Gasteiger partial charge on any atom is 0.270 e. The van der Waals surface area contributed by atoms with Crippen molar-refractivity contribution in [3.63, 3.8) is 0 Å². The normalized spacial score (nSPS) is 10.7. The van der Waals surface area contributed by atoms with Crippen LogP contribution >= 0.6 is 0 Å². The number of hydrogen-bond donors (Lipinski definition) is 3. The van der Waals surface area contributed by atoms with Crippen LogP contribution in [0.4, 0.5) is 5.95 Å². The lowest BCUT2D eigenvalue weighted by Crippen LogP contribution is -2.16. The number of ether oxygens (including phenoxy) is 1. The summed E-state index contributed by atoms with van der Waals surface area (Å²) >= 11 is 0. The average molecular weight is 389 g/mol. The molecule has 0 aliphatic rings. The van der Waals surface area contributed by atoms with E-state index in [4.69, 9.17) is 4.74 Å². The zero-order valence-electron chi connectivity index (χ0n) is 15.9. The molecular weight excluding hydrogens is 370 g/mol. The molecule has 0 aliphatic heterocycles. The zero-order valence-corrected chi connectivity index (χ0v) is 15.9. The zero-order chi connectivity index (χ0) is 20.8. The molecule has 0 saturated carbocycles. The van der Waals surface area contributed by atoms with E-state index in [0.29, 0.717) is 16.9 Å². The number of aromatic nitrogens is 2. The van der Waals surface area contributed by atoms with Crippen LogP contribution in [-0.2, 0) is 6.42 Å². The summed E-state index contributed by atoms with van der Waals surface area (Å²) in [7, 11) is 1.48. The van der Waals surface area contributed by atoms with Gasteiger partial charge in [0.05, 0.1) is 19.0 Å². The summed E-state index contributed by atoms with van der Waals surface area (Å²) in [6, 6.07) is 14.4. The highest BCUT2D eigenvalue weighted by Gasteiger charge is 2.13. The highest BCUT2D eigenvalue weighted by Crippen LogP contribution is 2.30. The molecule has 0 bridgehead atoms. The molecule has 0 atom stereocenters. The molecule has 3 rings (SSSR count). The number of anilines is 1. The first-order valence-electron chi connectivity index (χ1n) is 8.86. The predicted molar refractivity (Wildman–Crippen MR) is 110 cm³/mol. The average Bonchev–Trinajstić information content (AvgIpc) is 2.75. The Morgan fingerprint density at radius 2 is 2.10 bits per heavy atom. The minimum absolute atomic E-state index is 0.0403. The van der Waals surface area contributed by atoms with Crippen molar-refractivity contribution >= 4 is 12.2 Å². The van der Waals surface area contributed by atoms with Gasteiger partial charge in [0, 0.05) is 11.1 Å². The quantitative estimate of drug-likeness (QED) is 0.440. The third-order valence-corrected chi connectivity index (χ3v) is 4.24. The largest absolute Gasteiger partial charge is 0.504 e.